The number of aryl methyl sites for hydroxylation is 1. The van der Waals surface area contributed by atoms with E-state index in [-0.39, 0.29) is 35.8 Å². The molecule has 0 unspecified atom stereocenters. The van der Waals surface area contributed by atoms with Gasteiger partial charge in [0, 0.05) is 25.6 Å². The summed E-state index contributed by atoms with van der Waals surface area (Å²) in [7, 11) is 1.72. The van der Waals surface area contributed by atoms with Crippen LogP contribution in [0.4, 0.5) is 0 Å². The van der Waals surface area contributed by atoms with E-state index in [1.54, 1.807) is 7.11 Å². The van der Waals surface area contributed by atoms with Gasteiger partial charge in [-0.1, -0.05) is 17.7 Å². The molecule has 8 heteroatoms. The number of guanidine groups is 1. The van der Waals surface area contributed by atoms with E-state index in [9.17, 15) is 4.79 Å². The summed E-state index contributed by atoms with van der Waals surface area (Å²) in [6, 6.07) is 6.28. The Morgan fingerprint density at radius 2 is 2.00 bits per heavy atom. The summed E-state index contributed by atoms with van der Waals surface area (Å²) in [5.41, 5.74) is 7.85. The third kappa shape index (κ3) is 10.1. The van der Waals surface area contributed by atoms with Gasteiger partial charge in [0.05, 0.1) is 7.11 Å². The van der Waals surface area contributed by atoms with Crippen molar-refractivity contribution in [2.75, 3.05) is 46.4 Å². The largest absolute Gasteiger partial charge is 0.496 e. The second-order valence-electron chi connectivity index (χ2n) is 7.98. The number of ether oxygens (including phenoxy) is 1. The summed E-state index contributed by atoms with van der Waals surface area (Å²) >= 11 is 0. The average Bonchev–Trinajstić information content (AvgIpc) is 2.74. The van der Waals surface area contributed by atoms with E-state index in [1.807, 2.05) is 6.07 Å². The molecule has 1 aromatic rings. The molecule has 1 aliphatic rings. The monoisotopic (exact) mass is 545 g/mol. The highest BCUT2D eigenvalue weighted by atomic mass is 127. The first-order valence-corrected chi connectivity index (χ1v) is 11.2. The average molecular weight is 546 g/mol. The van der Waals surface area contributed by atoms with Gasteiger partial charge >= 0.3 is 0 Å². The smallest absolute Gasteiger partial charge is 0.220 e. The topological polar surface area (TPSA) is 92.0 Å². The molecular formula is C23H40IN5O2. The van der Waals surface area contributed by atoms with E-state index in [2.05, 4.69) is 41.5 Å². The number of carbonyl (C=O) groups excluding carboxylic acids is 1. The van der Waals surface area contributed by atoms with Gasteiger partial charge in [-0.15, -0.1) is 24.0 Å². The summed E-state index contributed by atoms with van der Waals surface area (Å²) in [5.74, 6) is 1.73. The molecule has 0 bridgehead atoms. The number of nitrogens with two attached hydrogens (primary N) is 1. The van der Waals surface area contributed by atoms with Crippen LogP contribution in [-0.4, -0.2) is 63.1 Å². The highest BCUT2D eigenvalue weighted by molar-refractivity contribution is 14.0. The maximum atomic E-state index is 11.3. The van der Waals surface area contributed by atoms with Gasteiger partial charge < -0.3 is 26.0 Å². The van der Waals surface area contributed by atoms with Gasteiger partial charge in [0.2, 0.25) is 5.91 Å². The van der Waals surface area contributed by atoms with Crippen LogP contribution < -0.4 is 21.1 Å². The molecule has 0 saturated carbocycles. The molecule has 176 valence electrons. The third-order valence-electron chi connectivity index (χ3n) is 5.61. The fourth-order valence-electron chi connectivity index (χ4n) is 3.84. The van der Waals surface area contributed by atoms with Crippen molar-refractivity contribution in [2.45, 2.75) is 46.0 Å². The number of halogens is 1. The van der Waals surface area contributed by atoms with Crippen molar-refractivity contribution < 1.29 is 9.53 Å². The number of benzene rings is 1. The van der Waals surface area contributed by atoms with Crippen LogP contribution in [0.5, 0.6) is 5.75 Å². The van der Waals surface area contributed by atoms with E-state index in [0.717, 1.165) is 83.1 Å². The Bertz CT molecular complexity index is 691. The Morgan fingerprint density at radius 3 is 2.65 bits per heavy atom. The number of aliphatic imine (C=N–C) groups is 1. The molecule has 31 heavy (non-hydrogen) atoms. The normalized spacial score (nSPS) is 15.3. The van der Waals surface area contributed by atoms with E-state index in [1.165, 1.54) is 11.1 Å². The molecule has 0 aromatic heterocycles. The molecule has 4 N–H and O–H groups in total. The van der Waals surface area contributed by atoms with Crippen molar-refractivity contribution in [3.63, 3.8) is 0 Å². The molecule has 0 aliphatic carbocycles. The van der Waals surface area contributed by atoms with Gasteiger partial charge in [-0.05, 0) is 77.2 Å². The lowest BCUT2D eigenvalue weighted by atomic mass is 9.96. The molecule has 7 nitrogen and oxygen atoms in total. The summed E-state index contributed by atoms with van der Waals surface area (Å²) in [4.78, 5) is 18.4. The lowest BCUT2D eigenvalue weighted by molar-refractivity contribution is -0.123. The van der Waals surface area contributed by atoms with Crippen molar-refractivity contribution in [3.05, 3.63) is 29.3 Å². The molecular weight excluding hydrogens is 505 g/mol. The molecule has 0 radical (unpaired) electrons. The number of nitrogens with one attached hydrogen (secondary N) is 2. The Morgan fingerprint density at radius 1 is 1.26 bits per heavy atom. The van der Waals surface area contributed by atoms with E-state index in [4.69, 9.17) is 15.5 Å². The Balaban J connectivity index is 0.00000480. The van der Waals surface area contributed by atoms with Gasteiger partial charge in [-0.2, -0.15) is 0 Å². The van der Waals surface area contributed by atoms with Crippen LogP contribution in [0.2, 0.25) is 0 Å². The number of rotatable bonds is 11. The first kappa shape index (κ1) is 27.5. The zero-order valence-electron chi connectivity index (χ0n) is 19.3. The maximum Gasteiger partial charge on any atom is 0.220 e. The van der Waals surface area contributed by atoms with Crippen LogP contribution in [0.15, 0.2) is 23.2 Å². The minimum absolute atomic E-state index is 0. The van der Waals surface area contributed by atoms with E-state index < -0.39 is 0 Å². The van der Waals surface area contributed by atoms with Crippen LogP contribution in [0.3, 0.4) is 0 Å². The van der Waals surface area contributed by atoms with Gasteiger partial charge in [0.25, 0.3) is 0 Å². The number of primary amides is 1. The van der Waals surface area contributed by atoms with Crippen molar-refractivity contribution >= 4 is 35.8 Å². The number of amides is 1. The third-order valence-corrected chi connectivity index (χ3v) is 5.61. The first-order valence-electron chi connectivity index (χ1n) is 11.2. The van der Waals surface area contributed by atoms with Crippen LogP contribution in [-0.2, 0) is 11.2 Å². The molecule has 1 heterocycles. The first-order chi connectivity index (χ1) is 14.5. The molecule has 1 fully saturated rings. The van der Waals surface area contributed by atoms with Crippen LogP contribution in [0.1, 0.15) is 43.7 Å². The Hall–Kier alpha value is -1.55. The van der Waals surface area contributed by atoms with Crippen molar-refractivity contribution in [2.24, 2.45) is 16.6 Å². The number of carbonyl (C=O) groups is 1. The van der Waals surface area contributed by atoms with E-state index >= 15 is 0 Å². The maximum absolute atomic E-state index is 11.3. The summed E-state index contributed by atoms with van der Waals surface area (Å²) in [6.07, 6.45) is 4.85. The van der Waals surface area contributed by atoms with Crippen molar-refractivity contribution in [1.29, 1.82) is 0 Å². The van der Waals surface area contributed by atoms with Gasteiger partial charge in [0.15, 0.2) is 5.96 Å². The molecule has 1 aromatic carbocycles. The fraction of sp³-hybridized carbons (Fsp3) is 0.652. The fourth-order valence-corrected chi connectivity index (χ4v) is 3.84. The number of piperidine rings is 1. The molecule has 2 rings (SSSR count). The number of hydrogen-bond donors (Lipinski definition) is 3. The van der Waals surface area contributed by atoms with Gasteiger partial charge in [0.1, 0.15) is 5.75 Å². The molecule has 1 amide bonds. The van der Waals surface area contributed by atoms with Crippen molar-refractivity contribution in [1.82, 2.24) is 15.5 Å². The number of methoxy groups -OCH3 is 1. The molecule has 0 atom stereocenters. The van der Waals surface area contributed by atoms with Crippen LogP contribution in [0.25, 0.3) is 0 Å². The highest BCUT2D eigenvalue weighted by Crippen LogP contribution is 2.20. The van der Waals surface area contributed by atoms with Crippen LogP contribution in [0, 0.1) is 12.8 Å². The van der Waals surface area contributed by atoms with Crippen molar-refractivity contribution in [3.8, 4) is 5.75 Å². The predicted molar refractivity (Wildman–Crippen MR) is 138 cm³/mol. The second-order valence-corrected chi connectivity index (χ2v) is 7.98. The number of likely N-dealkylation sites (tertiary alicyclic amines) is 1. The lowest BCUT2D eigenvalue weighted by Gasteiger charge is -2.30. The SMILES string of the molecule is CCNC(=NCCCCN1CCC(C(N)=O)CC1)NCCc1cc(C)ccc1OC.I. The number of unbranched alkanes of at least 4 members (excludes halogenated alkanes) is 1. The minimum atomic E-state index is -0.145. The number of hydrogen-bond acceptors (Lipinski definition) is 4. The van der Waals surface area contributed by atoms with Gasteiger partial charge in [-0.25, -0.2) is 0 Å². The zero-order chi connectivity index (χ0) is 21.8. The van der Waals surface area contributed by atoms with E-state index in [0.29, 0.717) is 0 Å². The molecule has 1 aliphatic heterocycles. The lowest BCUT2D eigenvalue weighted by Crippen LogP contribution is -2.39. The van der Waals surface area contributed by atoms with Crippen LogP contribution >= 0.6 is 24.0 Å². The minimum Gasteiger partial charge on any atom is -0.496 e. The summed E-state index contributed by atoms with van der Waals surface area (Å²) in [5, 5.41) is 6.74. The molecule has 0 spiro atoms. The van der Waals surface area contributed by atoms with Gasteiger partial charge in [-0.3, -0.25) is 9.79 Å². The summed E-state index contributed by atoms with van der Waals surface area (Å²) in [6.45, 7) is 9.65. The second kappa shape index (κ2) is 15.3. The predicted octanol–water partition coefficient (Wildman–Crippen LogP) is 2.70. The highest BCUT2D eigenvalue weighted by Gasteiger charge is 2.22. The molecule has 1 saturated heterocycles. The summed E-state index contributed by atoms with van der Waals surface area (Å²) < 4.78 is 5.46. The Labute approximate surface area is 204 Å². The quantitative estimate of drug-likeness (QED) is 0.172. The number of nitrogens with zero attached hydrogens (tertiary/aromatic N) is 2. The Kier molecular flexibility index (Phi) is 13.6. The standard InChI is InChI=1S/C23H39N5O2.HI/c1-4-25-23(27-13-9-20-17-18(2)7-8-21(20)30-3)26-12-5-6-14-28-15-10-19(11-16-28)22(24)29;/h7-8,17,19H,4-6,9-16H2,1-3H3,(H2,24,29)(H2,25,26,27);1H. The zero-order valence-corrected chi connectivity index (χ0v) is 21.6.